The van der Waals surface area contributed by atoms with Gasteiger partial charge in [-0.3, -0.25) is 4.79 Å². The number of rotatable bonds is 4. The Balaban J connectivity index is 2.62. The highest BCUT2D eigenvalue weighted by molar-refractivity contribution is 5.75. The molecule has 0 saturated heterocycles. The lowest BCUT2D eigenvalue weighted by molar-refractivity contribution is -0.150. The fourth-order valence-corrected chi connectivity index (χ4v) is 2.09. The van der Waals surface area contributed by atoms with Gasteiger partial charge in [0.1, 0.15) is 0 Å². The van der Waals surface area contributed by atoms with Crippen molar-refractivity contribution in [2.75, 3.05) is 6.54 Å². The summed E-state index contributed by atoms with van der Waals surface area (Å²) in [4.78, 5) is 11.0. The smallest absolute Gasteiger partial charge is 0.309 e. The standard InChI is InChI=1S/C9H17NO3/c10-6-7(11)5-9(8(12)13)3-1-2-4-9/h7,11H,1-6,10H2,(H,12,13)/t7-/m0/s1. The average molecular weight is 187 g/mol. The fourth-order valence-electron chi connectivity index (χ4n) is 2.09. The first kappa shape index (κ1) is 10.5. The number of nitrogens with two attached hydrogens (primary N) is 1. The highest BCUT2D eigenvalue weighted by Crippen LogP contribution is 2.42. The number of carbonyl (C=O) groups is 1. The van der Waals surface area contributed by atoms with Crippen LogP contribution in [0.2, 0.25) is 0 Å². The van der Waals surface area contributed by atoms with Crippen LogP contribution >= 0.6 is 0 Å². The minimum atomic E-state index is -0.780. The maximum atomic E-state index is 11.0. The van der Waals surface area contributed by atoms with Gasteiger partial charge in [0.2, 0.25) is 0 Å². The summed E-state index contributed by atoms with van der Waals surface area (Å²) < 4.78 is 0. The summed E-state index contributed by atoms with van der Waals surface area (Å²) in [7, 11) is 0. The molecule has 0 unspecified atom stereocenters. The molecule has 4 heteroatoms. The Labute approximate surface area is 77.7 Å². The van der Waals surface area contributed by atoms with Gasteiger partial charge in [-0.1, -0.05) is 12.8 Å². The molecular weight excluding hydrogens is 170 g/mol. The molecule has 0 spiro atoms. The molecule has 0 aliphatic heterocycles. The highest BCUT2D eigenvalue weighted by Gasteiger charge is 2.42. The van der Waals surface area contributed by atoms with Crippen molar-refractivity contribution in [3.05, 3.63) is 0 Å². The molecule has 0 aromatic carbocycles. The largest absolute Gasteiger partial charge is 0.481 e. The van der Waals surface area contributed by atoms with Crippen LogP contribution < -0.4 is 5.73 Å². The minimum absolute atomic E-state index is 0.148. The van der Waals surface area contributed by atoms with Crippen molar-refractivity contribution in [3.63, 3.8) is 0 Å². The predicted molar refractivity (Wildman–Crippen MR) is 48.2 cm³/mol. The molecule has 0 radical (unpaired) electrons. The summed E-state index contributed by atoms with van der Waals surface area (Å²) in [5.41, 5.74) is 4.57. The van der Waals surface area contributed by atoms with E-state index in [9.17, 15) is 9.90 Å². The first-order chi connectivity index (χ1) is 6.10. The van der Waals surface area contributed by atoms with Gasteiger partial charge in [0.15, 0.2) is 0 Å². The number of carboxylic acid groups (broad SMARTS) is 1. The molecule has 4 N–H and O–H groups in total. The number of carboxylic acids is 1. The van der Waals surface area contributed by atoms with E-state index in [1.807, 2.05) is 0 Å². The molecule has 1 aliphatic rings. The number of aliphatic carboxylic acids is 1. The van der Waals surface area contributed by atoms with E-state index in [4.69, 9.17) is 10.8 Å². The highest BCUT2D eigenvalue weighted by atomic mass is 16.4. The van der Waals surface area contributed by atoms with Gasteiger partial charge < -0.3 is 15.9 Å². The zero-order valence-electron chi connectivity index (χ0n) is 7.70. The van der Waals surface area contributed by atoms with Gasteiger partial charge in [0.25, 0.3) is 0 Å². The Morgan fingerprint density at radius 1 is 1.46 bits per heavy atom. The molecular formula is C9H17NO3. The molecule has 1 rings (SSSR count). The number of aliphatic hydroxyl groups excluding tert-OH is 1. The summed E-state index contributed by atoms with van der Waals surface area (Å²) in [5, 5.41) is 18.4. The second kappa shape index (κ2) is 4.07. The van der Waals surface area contributed by atoms with Crippen LogP contribution in [0.4, 0.5) is 0 Å². The van der Waals surface area contributed by atoms with E-state index in [0.29, 0.717) is 19.3 Å². The Morgan fingerprint density at radius 3 is 2.38 bits per heavy atom. The molecule has 1 saturated carbocycles. The van der Waals surface area contributed by atoms with Gasteiger partial charge in [0.05, 0.1) is 11.5 Å². The number of hydrogen-bond donors (Lipinski definition) is 3. The normalized spacial score (nSPS) is 22.9. The lowest BCUT2D eigenvalue weighted by Gasteiger charge is -2.25. The quantitative estimate of drug-likeness (QED) is 0.592. The Bertz CT molecular complexity index is 187. The van der Waals surface area contributed by atoms with Crippen molar-refractivity contribution in [2.24, 2.45) is 11.1 Å². The third-order valence-electron chi connectivity index (χ3n) is 2.91. The SMILES string of the molecule is NC[C@@H](O)CC1(C(=O)O)CCCC1. The second-order valence-electron chi connectivity index (χ2n) is 3.89. The maximum Gasteiger partial charge on any atom is 0.309 e. The summed E-state index contributed by atoms with van der Waals surface area (Å²) in [6, 6.07) is 0. The van der Waals surface area contributed by atoms with Crippen LogP contribution in [0.1, 0.15) is 32.1 Å². The van der Waals surface area contributed by atoms with Crippen LogP contribution in [0, 0.1) is 5.41 Å². The van der Waals surface area contributed by atoms with Gasteiger partial charge in [-0.05, 0) is 19.3 Å². The summed E-state index contributed by atoms with van der Waals surface area (Å²) in [6.45, 7) is 0.148. The number of hydrogen-bond acceptors (Lipinski definition) is 3. The average Bonchev–Trinajstić information content (AvgIpc) is 2.54. The van der Waals surface area contributed by atoms with Crippen LogP contribution in [-0.2, 0) is 4.79 Å². The molecule has 0 aromatic heterocycles. The van der Waals surface area contributed by atoms with E-state index >= 15 is 0 Å². The Hall–Kier alpha value is -0.610. The summed E-state index contributed by atoms with van der Waals surface area (Å²) in [6.07, 6.45) is 2.89. The summed E-state index contributed by atoms with van der Waals surface area (Å²) >= 11 is 0. The molecule has 13 heavy (non-hydrogen) atoms. The van der Waals surface area contributed by atoms with Crippen molar-refractivity contribution >= 4 is 5.97 Å². The van der Waals surface area contributed by atoms with E-state index in [-0.39, 0.29) is 6.54 Å². The fraction of sp³-hybridized carbons (Fsp3) is 0.889. The topological polar surface area (TPSA) is 83.5 Å². The third-order valence-corrected chi connectivity index (χ3v) is 2.91. The lowest BCUT2D eigenvalue weighted by atomic mass is 9.81. The van der Waals surface area contributed by atoms with Crippen molar-refractivity contribution in [2.45, 2.75) is 38.2 Å². The summed E-state index contributed by atoms with van der Waals surface area (Å²) in [5.74, 6) is -0.780. The molecule has 76 valence electrons. The molecule has 1 aliphatic carbocycles. The number of aliphatic hydroxyl groups is 1. The van der Waals surface area contributed by atoms with Gasteiger partial charge in [-0.2, -0.15) is 0 Å². The first-order valence-corrected chi connectivity index (χ1v) is 4.72. The van der Waals surface area contributed by atoms with Gasteiger partial charge >= 0.3 is 5.97 Å². The molecule has 1 atom stereocenters. The van der Waals surface area contributed by atoms with Gasteiger partial charge in [-0.15, -0.1) is 0 Å². The lowest BCUT2D eigenvalue weighted by Crippen LogP contribution is -2.35. The third kappa shape index (κ3) is 2.19. The van der Waals surface area contributed by atoms with E-state index in [0.717, 1.165) is 12.8 Å². The minimum Gasteiger partial charge on any atom is -0.481 e. The molecule has 0 aromatic rings. The first-order valence-electron chi connectivity index (χ1n) is 4.72. The van der Waals surface area contributed by atoms with Crippen molar-refractivity contribution in [1.82, 2.24) is 0 Å². The van der Waals surface area contributed by atoms with Crippen LogP contribution in [0.3, 0.4) is 0 Å². The Kier molecular flexibility index (Phi) is 3.27. The van der Waals surface area contributed by atoms with Crippen LogP contribution in [0.5, 0.6) is 0 Å². The zero-order chi connectivity index (χ0) is 9.90. The van der Waals surface area contributed by atoms with E-state index in [1.165, 1.54) is 0 Å². The molecule has 0 heterocycles. The molecule has 0 bridgehead atoms. The molecule has 1 fully saturated rings. The molecule has 0 amide bonds. The van der Waals surface area contributed by atoms with Gasteiger partial charge in [-0.25, -0.2) is 0 Å². The van der Waals surface area contributed by atoms with Crippen molar-refractivity contribution < 1.29 is 15.0 Å². The van der Waals surface area contributed by atoms with E-state index in [2.05, 4.69) is 0 Å². The van der Waals surface area contributed by atoms with E-state index < -0.39 is 17.5 Å². The van der Waals surface area contributed by atoms with Crippen LogP contribution in [0.15, 0.2) is 0 Å². The molecule has 4 nitrogen and oxygen atoms in total. The van der Waals surface area contributed by atoms with Crippen molar-refractivity contribution in [3.8, 4) is 0 Å². The van der Waals surface area contributed by atoms with Crippen LogP contribution in [-0.4, -0.2) is 28.8 Å². The van der Waals surface area contributed by atoms with E-state index in [1.54, 1.807) is 0 Å². The Morgan fingerprint density at radius 2 is 2.00 bits per heavy atom. The monoisotopic (exact) mass is 187 g/mol. The van der Waals surface area contributed by atoms with Crippen molar-refractivity contribution in [1.29, 1.82) is 0 Å². The van der Waals surface area contributed by atoms with Gasteiger partial charge in [0, 0.05) is 6.54 Å². The second-order valence-corrected chi connectivity index (χ2v) is 3.89. The van der Waals surface area contributed by atoms with Crippen LogP contribution in [0.25, 0.3) is 0 Å². The predicted octanol–water partition coefficient (Wildman–Crippen LogP) is 0.341. The zero-order valence-corrected chi connectivity index (χ0v) is 7.70. The maximum absolute atomic E-state index is 11.0.